The van der Waals surface area contributed by atoms with Crippen molar-refractivity contribution in [3.8, 4) is 0 Å². The van der Waals surface area contributed by atoms with Crippen LogP contribution in [0.4, 0.5) is 4.39 Å². The van der Waals surface area contributed by atoms with Crippen molar-refractivity contribution >= 4 is 23.5 Å². The number of nitrogens with zero attached hydrogens (tertiary/aromatic N) is 1. The van der Waals surface area contributed by atoms with Gasteiger partial charge in [0.15, 0.2) is 0 Å². The van der Waals surface area contributed by atoms with Crippen LogP contribution in [0.1, 0.15) is 26.3 Å². The van der Waals surface area contributed by atoms with Crippen molar-refractivity contribution in [1.29, 1.82) is 0 Å². The van der Waals surface area contributed by atoms with Crippen molar-refractivity contribution in [3.63, 3.8) is 0 Å². The first-order valence-corrected chi connectivity index (χ1v) is 7.51. The van der Waals surface area contributed by atoms with Crippen LogP contribution in [-0.4, -0.2) is 36.5 Å². The molecule has 5 nitrogen and oxygen atoms in total. The van der Waals surface area contributed by atoms with Gasteiger partial charge in [0.1, 0.15) is 11.9 Å². The van der Waals surface area contributed by atoms with E-state index in [9.17, 15) is 14.0 Å². The van der Waals surface area contributed by atoms with Crippen LogP contribution in [0.3, 0.4) is 0 Å². The van der Waals surface area contributed by atoms with Gasteiger partial charge in [-0.25, -0.2) is 9.18 Å². The molecule has 23 heavy (non-hydrogen) atoms. The predicted molar refractivity (Wildman–Crippen MR) is 86.3 cm³/mol. The Morgan fingerprint density at radius 3 is 2.43 bits per heavy atom. The topological polar surface area (TPSA) is 72.6 Å². The van der Waals surface area contributed by atoms with Crippen LogP contribution in [0, 0.1) is 11.2 Å². The van der Waals surface area contributed by atoms with Crippen LogP contribution in [0.5, 0.6) is 0 Å². The summed E-state index contributed by atoms with van der Waals surface area (Å²) in [5, 5.41) is -0.0481. The number of nitrogens with two attached hydrogens (primary N) is 1. The Balaban J connectivity index is 3.23. The second kappa shape index (κ2) is 7.75. The van der Waals surface area contributed by atoms with Gasteiger partial charge in [0.05, 0.1) is 18.7 Å². The van der Waals surface area contributed by atoms with Gasteiger partial charge in [0, 0.05) is 6.54 Å². The minimum absolute atomic E-state index is 0.0481. The van der Waals surface area contributed by atoms with Crippen molar-refractivity contribution in [3.05, 3.63) is 34.6 Å². The zero-order valence-corrected chi connectivity index (χ0v) is 14.5. The number of hydrogen-bond acceptors (Lipinski definition) is 4. The Bertz CT molecular complexity index is 587. The van der Waals surface area contributed by atoms with Gasteiger partial charge >= 0.3 is 5.97 Å². The molecule has 1 aromatic carbocycles. The highest BCUT2D eigenvalue weighted by Gasteiger charge is 2.39. The molecule has 0 bridgehead atoms. The number of carbonyl (C=O) groups excluding carboxylic acids is 2. The van der Waals surface area contributed by atoms with Crippen molar-refractivity contribution < 1.29 is 18.7 Å². The third-order valence-corrected chi connectivity index (χ3v) is 3.68. The summed E-state index contributed by atoms with van der Waals surface area (Å²) in [4.78, 5) is 25.8. The molecular weight excluding hydrogens is 323 g/mol. The van der Waals surface area contributed by atoms with Crippen molar-refractivity contribution in [2.45, 2.75) is 33.4 Å². The molecule has 0 fully saturated rings. The number of hydrogen-bond donors (Lipinski definition) is 1. The molecule has 0 saturated carbocycles. The fourth-order valence-corrected chi connectivity index (χ4v) is 2.54. The lowest BCUT2D eigenvalue weighted by Crippen LogP contribution is -2.53. The molecule has 0 aliphatic rings. The van der Waals surface area contributed by atoms with Gasteiger partial charge in [-0.15, -0.1) is 0 Å². The van der Waals surface area contributed by atoms with Crippen LogP contribution in [0.2, 0.25) is 5.02 Å². The van der Waals surface area contributed by atoms with E-state index in [4.69, 9.17) is 22.1 Å². The zero-order chi connectivity index (χ0) is 17.8. The molecule has 0 saturated heterocycles. The van der Waals surface area contributed by atoms with E-state index in [2.05, 4.69) is 0 Å². The highest BCUT2D eigenvalue weighted by molar-refractivity contribution is 6.30. The third kappa shape index (κ3) is 4.91. The summed E-state index contributed by atoms with van der Waals surface area (Å²) in [5.74, 6) is -1.49. The Morgan fingerprint density at radius 2 is 2.00 bits per heavy atom. The van der Waals surface area contributed by atoms with Gasteiger partial charge in [-0.3, -0.25) is 4.79 Å². The van der Waals surface area contributed by atoms with E-state index in [-0.39, 0.29) is 18.1 Å². The van der Waals surface area contributed by atoms with E-state index in [1.165, 1.54) is 30.2 Å². The molecule has 2 N–H and O–H groups in total. The Kier molecular flexibility index (Phi) is 6.53. The van der Waals surface area contributed by atoms with Crippen molar-refractivity contribution in [2.24, 2.45) is 11.1 Å². The maximum atomic E-state index is 13.3. The fraction of sp³-hybridized carbons (Fsp3) is 0.500. The summed E-state index contributed by atoms with van der Waals surface area (Å²) in [6.45, 7) is 5.29. The van der Waals surface area contributed by atoms with Crippen LogP contribution in [0.15, 0.2) is 18.2 Å². The average Bonchev–Trinajstić information content (AvgIpc) is 2.47. The second-order valence-electron chi connectivity index (χ2n) is 6.27. The lowest BCUT2D eigenvalue weighted by Gasteiger charge is -2.38. The number of carbonyl (C=O) groups is 2. The van der Waals surface area contributed by atoms with Gasteiger partial charge in [-0.05, 0) is 23.1 Å². The number of methoxy groups -OCH3 is 1. The minimum Gasteiger partial charge on any atom is -0.467 e. The summed E-state index contributed by atoms with van der Waals surface area (Å²) >= 11 is 5.78. The number of rotatable bonds is 5. The number of ether oxygens (including phenoxy) is 1. The molecule has 0 aromatic heterocycles. The van der Waals surface area contributed by atoms with E-state index in [0.717, 1.165) is 0 Å². The minimum atomic E-state index is -0.827. The van der Waals surface area contributed by atoms with E-state index in [1.54, 1.807) is 0 Å². The third-order valence-electron chi connectivity index (χ3n) is 3.39. The number of halogens is 2. The summed E-state index contributed by atoms with van der Waals surface area (Å²) < 4.78 is 18.1. The second-order valence-corrected chi connectivity index (χ2v) is 6.67. The Hall–Kier alpha value is -1.66. The van der Waals surface area contributed by atoms with Crippen LogP contribution in [0.25, 0.3) is 0 Å². The van der Waals surface area contributed by atoms with E-state index in [1.807, 2.05) is 20.8 Å². The molecule has 1 amide bonds. The average molecular weight is 345 g/mol. The summed E-state index contributed by atoms with van der Waals surface area (Å²) in [7, 11) is 1.26. The standard InChI is InChI=1S/C16H22ClFN2O3/c1-16(2,3)14(15(22)23-4)20(13(21)8-19)9-10-5-6-12(18)11(17)7-10/h5-7,14H,8-9,19H2,1-4H3/t14-/m1/s1. The highest BCUT2D eigenvalue weighted by atomic mass is 35.5. The highest BCUT2D eigenvalue weighted by Crippen LogP contribution is 2.28. The lowest BCUT2D eigenvalue weighted by molar-refractivity contribution is -0.158. The fourth-order valence-electron chi connectivity index (χ4n) is 2.34. The normalized spacial score (nSPS) is 12.7. The van der Waals surface area contributed by atoms with Gasteiger partial charge in [-0.1, -0.05) is 38.4 Å². The lowest BCUT2D eigenvalue weighted by atomic mass is 9.85. The molecule has 0 unspecified atom stereocenters. The molecule has 1 atom stereocenters. The first kappa shape index (κ1) is 19.4. The van der Waals surface area contributed by atoms with Crippen molar-refractivity contribution in [2.75, 3.05) is 13.7 Å². The van der Waals surface area contributed by atoms with Crippen LogP contribution in [-0.2, 0) is 20.9 Å². The number of amides is 1. The molecule has 7 heteroatoms. The summed E-state index contributed by atoms with van der Waals surface area (Å²) in [5.41, 5.74) is 5.50. The maximum Gasteiger partial charge on any atom is 0.329 e. The molecule has 0 aliphatic heterocycles. The van der Waals surface area contributed by atoms with Gasteiger partial charge in [-0.2, -0.15) is 0 Å². The Labute approximate surface area is 140 Å². The number of benzene rings is 1. The van der Waals surface area contributed by atoms with E-state index < -0.39 is 29.2 Å². The first-order valence-electron chi connectivity index (χ1n) is 7.13. The van der Waals surface area contributed by atoms with Crippen LogP contribution >= 0.6 is 11.6 Å². The zero-order valence-electron chi connectivity index (χ0n) is 13.7. The molecular formula is C16H22ClFN2O3. The molecule has 1 aromatic rings. The molecule has 1 rings (SSSR count). The molecule has 0 heterocycles. The molecule has 128 valence electrons. The van der Waals surface area contributed by atoms with Gasteiger partial charge in [0.25, 0.3) is 0 Å². The van der Waals surface area contributed by atoms with E-state index >= 15 is 0 Å². The van der Waals surface area contributed by atoms with E-state index in [0.29, 0.717) is 5.56 Å². The molecule has 0 spiro atoms. The predicted octanol–water partition coefficient (Wildman–Crippen LogP) is 2.35. The molecule has 0 radical (unpaired) electrons. The molecule has 0 aliphatic carbocycles. The quantitative estimate of drug-likeness (QED) is 0.832. The monoisotopic (exact) mass is 344 g/mol. The largest absolute Gasteiger partial charge is 0.467 e. The Morgan fingerprint density at radius 1 is 1.39 bits per heavy atom. The van der Waals surface area contributed by atoms with Crippen LogP contribution < -0.4 is 5.73 Å². The maximum absolute atomic E-state index is 13.3. The summed E-state index contributed by atoms with van der Waals surface area (Å²) in [6.07, 6.45) is 0. The smallest absolute Gasteiger partial charge is 0.329 e. The van der Waals surface area contributed by atoms with Gasteiger partial charge < -0.3 is 15.4 Å². The van der Waals surface area contributed by atoms with Gasteiger partial charge in [0.2, 0.25) is 5.91 Å². The first-order chi connectivity index (χ1) is 10.6. The summed E-state index contributed by atoms with van der Waals surface area (Å²) in [6, 6.07) is 3.32. The van der Waals surface area contributed by atoms with Crippen molar-refractivity contribution in [1.82, 2.24) is 4.90 Å². The number of esters is 1. The SMILES string of the molecule is COC(=O)[C@@H](N(Cc1ccc(F)c(Cl)c1)C(=O)CN)C(C)(C)C.